The number of ether oxygens (including phenoxy) is 1. The highest BCUT2D eigenvalue weighted by Crippen LogP contribution is 2.32. The Kier molecular flexibility index (Phi) is 5.88. The number of hydrogen-bond acceptors (Lipinski definition) is 9. The number of aromatic nitrogens is 2. The van der Waals surface area contributed by atoms with Crippen LogP contribution in [0.5, 0.6) is 0 Å². The Balaban J connectivity index is 2.22. The number of methoxy groups -OCH3 is 1. The van der Waals surface area contributed by atoms with Gasteiger partial charge in [0.15, 0.2) is 0 Å². The monoisotopic (exact) mass is 325 g/mol. The third-order valence-electron chi connectivity index (χ3n) is 3.69. The van der Waals surface area contributed by atoms with Crippen LogP contribution in [0.25, 0.3) is 0 Å². The maximum absolute atomic E-state index is 11.3. The van der Waals surface area contributed by atoms with E-state index in [1.165, 1.54) is 0 Å². The van der Waals surface area contributed by atoms with Gasteiger partial charge >= 0.3 is 5.69 Å². The molecule has 0 aliphatic carbocycles. The number of nitro groups is 1. The molecule has 1 aliphatic rings. The molecule has 1 aromatic heterocycles. The molecule has 3 N–H and O–H groups in total. The number of anilines is 3. The average molecular weight is 325 g/mol. The lowest BCUT2D eigenvalue weighted by molar-refractivity contribution is -0.383. The Morgan fingerprint density at radius 3 is 2.65 bits per heavy atom. The van der Waals surface area contributed by atoms with Gasteiger partial charge in [-0.05, 0) is 13.5 Å². The van der Waals surface area contributed by atoms with Crippen molar-refractivity contribution in [3.8, 4) is 0 Å². The van der Waals surface area contributed by atoms with Crippen molar-refractivity contribution in [1.82, 2.24) is 14.9 Å². The predicted octanol–water partition coefficient (Wildman–Crippen LogP) is 0.167. The lowest BCUT2D eigenvalue weighted by Gasteiger charge is -2.32. The van der Waals surface area contributed by atoms with Crippen molar-refractivity contribution >= 4 is 23.3 Å². The van der Waals surface area contributed by atoms with Gasteiger partial charge in [0.1, 0.15) is 0 Å². The summed E-state index contributed by atoms with van der Waals surface area (Å²) in [6, 6.07) is 0. The standard InChI is InChI=1S/C13H23N7O3/c1-18-5-7-19(8-6-18)12-10(20(21)22)11(14)16-13(17-12)15-4-3-9-23-2/h3-9H2,1-2H3,(H3,14,15,16,17). The van der Waals surface area contributed by atoms with E-state index in [2.05, 4.69) is 20.2 Å². The molecule has 0 atom stereocenters. The molecule has 0 unspecified atom stereocenters. The highest BCUT2D eigenvalue weighted by Gasteiger charge is 2.28. The van der Waals surface area contributed by atoms with E-state index in [1.54, 1.807) is 7.11 Å². The fourth-order valence-corrected chi connectivity index (χ4v) is 2.37. The van der Waals surface area contributed by atoms with E-state index in [0.717, 1.165) is 19.5 Å². The van der Waals surface area contributed by atoms with Crippen LogP contribution >= 0.6 is 0 Å². The summed E-state index contributed by atoms with van der Waals surface area (Å²) in [4.78, 5) is 23.2. The van der Waals surface area contributed by atoms with Gasteiger partial charge in [-0.1, -0.05) is 0 Å². The summed E-state index contributed by atoms with van der Waals surface area (Å²) >= 11 is 0. The van der Waals surface area contributed by atoms with Gasteiger partial charge in [0.25, 0.3) is 0 Å². The summed E-state index contributed by atoms with van der Waals surface area (Å²) in [5.41, 5.74) is 5.57. The first-order valence-corrected chi connectivity index (χ1v) is 7.51. The second-order valence-corrected chi connectivity index (χ2v) is 5.43. The molecule has 0 aromatic carbocycles. The van der Waals surface area contributed by atoms with E-state index >= 15 is 0 Å². The fraction of sp³-hybridized carbons (Fsp3) is 0.692. The van der Waals surface area contributed by atoms with Crippen LogP contribution in [0.15, 0.2) is 0 Å². The molecule has 10 heteroatoms. The average Bonchev–Trinajstić information content (AvgIpc) is 2.51. The number of nitrogens with one attached hydrogen (secondary N) is 1. The van der Waals surface area contributed by atoms with Crippen LogP contribution in [0.2, 0.25) is 0 Å². The van der Waals surface area contributed by atoms with Gasteiger partial charge in [-0.2, -0.15) is 9.97 Å². The van der Waals surface area contributed by atoms with Crippen molar-refractivity contribution in [2.75, 3.05) is 69.4 Å². The lowest BCUT2D eigenvalue weighted by atomic mass is 10.3. The lowest BCUT2D eigenvalue weighted by Crippen LogP contribution is -2.45. The molecule has 1 aliphatic heterocycles. The molecule has 0 bridgehead atoms. The molecule has 1 saturated heterocycles. The van der Waals surface area contributed by atoms with E-state index < -0.39 is 4.92 Å². The van der Waals surface area contributed by atoms with Gasteiger partial charge in [-0.3, -0.25) is 10.1 Å². The highest BCUT2D eigenvalue weighted by atomic mass is 16.6. The SMILES string of the molecule is COCCCNc1nc(N)c([N+](=O)[O-])c(N2CCN(C)CC2)n1. The van der Waals surface area contributed by atoms with Crippen molar-refractivity contribution in [2.24, 2.45) is 0 Å². The Morgan fingerprint density at radius 2 is 2.04 bits per heavy atom. The molecule has 0 spiro atoms. The van der Waals surface area contributed by atoms with Crippen LogP contribution in [0.3, 0.4) is 0 Å². The number of nitrogen functional groups attached to an aromatic ring is 1. The predicted molar refractivity (Wildman–Crippen MR) is 87.8 cm³/mol. The van der Waals surface area contributed by atoms with Crippen LogP contribution in [-0.2, 0) is 4.74 Å². The molecule has 128 valence electrons. The van der Waals surface area contributed by atoms with Gasteiger partial charge in [0.2, 0.25) is 17.6 Å². The molecule has 1 fully saturated rings. The van der Waals surface area contributed by atoms with Gasteiger partial charge in [0, 0.05) is 46.4 Å². The Bertz CT molecular complexity index is 547. The maximum atomic E-state index is 11.3. The number of nitrogens with zero attached hydrogens (tertiary/aromatic N) is 5. The second kappa shape index (κ2) is 7.88. The Hall–Kier alpha value is -2.20. The van der Waals surface area contributed by atoms with Gasteiger partial charge in [-0.15, -0.1) is 0 Å². The fourth-order valence-electron chi connectivity index (χ4n) is 2.37. The molecule has 0 amide bonds. The summed E-state index contributed by atoms with van der Waals surface area (Å²) < 4.78 is 4.98. The first-order chi connectivity index (χ1) is 11.0. The van der Waals surface area contributed by atoms with E-state index in [4.69, 9.17) is 10.5 Å². The zero-order chi connectivity index (χ0) is 16.8. The molecule has 0 saturated carbocycles. The molecule has 10 nitrogen and oxygen atoms in total. The number of nitrogens with two attached hydrogens (primary N) is 1. The van der Waals surface area contributed by atoms with Crippen LogP contribution < -0.4 is 16.0 Å². The zero-order valence-electron chi connectivity index (χ0n) is 13.5. The van der Waals surface area contributed by atoms with Crippen molar-refractivity contribution in [1.29, 1.82) is 0 Å². The molecular formula is C13H23N7O3. The molecule has 0 radical (unpaired) electrons. The smallest absolute Gasteiger partial charge is 0.353 e. The number of piperazine rings is 1. The second-order valence-electron chi connectivity index (χ2n) is 5.43. The quantitative estimate of drug-likeness (QED) is 0.410. The van der Waals surface area contributed by atoms with Crippen molar-refractivity contribution < 1.29 is 9.66 Å². The third kappa shape index (κ3) is 4.39. The van der Waals surface area contributed by atoms with Crippen LogP contribution in [0.4, 0.5) is 23.3 Å². The van der Waals surface area contributed by atoms with Gasteiger partial charge < -0.3 is 25.6 Å². The molecule has 1 aromatic rings. The normalized spacial score (nSPS) is 15.7. The van der Waals surface area contributed by atoms with Crippen molar-refractivity contribution in [2.45, 2.75) is 6.42 Å². The topological polar surface area (TPSA) is 123 Å². The highest BCUT2D eigenvalue weighted by molar-refractivity contribution is 5.71. The van der Waals surface area contributed by atoms with Crippen LogP contribution in [0, 0.1) is 10.1 Å². The number of rotatable bonds is 7. The first-order valence-electron chi connectivity index (χ1n) is 7.51. The van der Waals surface area contributed by atoms with Crippen LogP contribution in [0.1, 0.15) is 6.42 Å². The van der Waals surface area contributed by atoms with E-state index in [-0.39, 0.29) is 17.3 Å². The number of hydrogen-bond donors (Lipinski definition) is 2. The summed E-state index contributed by atoms with van der Waals surface area (Å²) in [6.07, 6.45) is 0.778. The molecule has 2 heterocycles. The van der Waals surface area contributed by atoms with E-state index in [0.29, 0.717) is 32.2 Å². The van der Waals surface area contributed by atoms with E-state index in [9.17, 15) is 10.1 Å². The number of likely N-dealkylation sites (N-methyl/N-ethyl adjacent to an activating group) is 1. The maximum Gasteiger partial charge on any atom is 0.353 e. The summed E-state index contributed by atoms with van der Waals surface area (Å²) in [6.45, 7) is 4.18. The Labute approximate surface area is 134 Å². The first kappa shape index (κ1) is 17.2. The third-order valence-corrected chi connectivity index (χ3v) is 3.69. The minimum absolute atomic E-state index is 0.117. The summed E-state index contributed by atoms with van der Waals surface area (Å²) in [5.74, 6) is 0.469. The molecular weight excluding hydrogens is 302 g/mol. The summed E-state index contributed by atoms with van der Waals surface area (Å²) in [7, 11) is 3.65. The zero-order valence-corrected chi connectivity index (χ0v) is 13.5. The van der Waals surface area contributed by atoms with Gasteiger partial charge in [0.05, 0.1) is 4.92 Å². The van der Waals surface area contributed by atoms with Crippen molar-refractivity contribution in [3.63, 3.8) is 0 Å². The van der Waals surface area contributed by atoms with Crippen molar-refractivity contribution in [3.05, 3.63) is 10.1 Å². The Morgan fingerprint density at radius 1 is 1.35 bits per heavy atom. The minimum atomic E-state index is -0.516. The van der Waals surface area contributed by atoms with Crippen LogP contribution in [-0.4, -0.2) is 73.3 Å². The van der Waals surface area contributed by atoms with E-state index in [1.807, 2.05) is 11.9 Å². The van der Waals surface area contributed by atoms with Gasteiger partial charge in [-0.25, -0.2) is 0 Å². The largest absolute Gasteiger partial charge is 0.385 e. The molecule has 23 heavy (non-hydrogen) atoms. The molecule has 2 rings (SSSR count). The summed E-state index contributed by atoms with van der Waals surface area (Å²) in [5, 5.41) is 14.4. The minimum Gasteiger partial charge on any atom is -0.385 e.